The van der Waals surface area contributed by atoms with E-state index in [9.17, 15) is 9.59 Å². The van der Waals surface area contributed by atoms with E-state index in [0.717, 1.165) is 48.2 Å². The summed E-state index contributed by atoms with van der Waals surface area (Å²) in [6.45, 7) is 1.85. The number of piperidine rings is 1. The smallest absolute Gasteiger partial charge is 0.328 e. The Morgan fingerprint density at radius 3 is 2.27 bits per heavy atom. The Morgan fingerprint density at radius 1 is 0.939 bits per heavy atom. The van der Waals surface area contributed by atoms with Crippen molar-refractivity contribution >= 4 is 34.4 Å². The van der Waals surface area contributed by atoms with Crippen LogP contribution in [0.25, 0.3) is 17.1 Å². The molecular formula is C25H30N4O4. The van der Waals surface area contributed by atoms with E-state index in [2.05, 4.69) is 10.2 Å². The lowest BCUT2D eigenvalue weighted by Gasteiger charge is -2.30. The van der Waals surface area contributed by atoms with Crippen molar-refractivity contribution < 1.29 is 14.3 Å². The van der Waals surface area contributed by atoms with E-state index < -0.39 is 0 Å². The molecule has 1 aliphatic rings. The van der Waals surface area contributed by atoms with Crippen molar-refractivity contribution in [2.75, 3.05) is 37.5 Å². The van der Waals surface area contributed by atoms with E-state index in [1.54, 1.807) is 49.6 Å². The highest BCUT2D eigenvalue weighted by Gasteiger charge is 2.19. The van der Waals surface area contributed by atoms with Crippen LogP contribution in [0.4, 0.5) is 11.4 Å². The van der Waals surface area contributed by atoms with E-state index in [1.807, 2.05) is 24.3 Å². The summed E-state index contributed by atoms with van der Waals surface area (Å²) in [6, 6.07) is 9.37. The molecule has 0 aliphatic carbocycles. The maximum atomic E-state index is 12.8. The van der Waals surface area contributed by atoms with Crippen molar-refractivity contribution in [1.29, 1.82) is 0 Å². The predicted molar refractivity (Wildman–Crippen MR) is 131 cm³/mol. The second kappa shape index (κ2) is 9.44. The highest BCUT2D eigenvalue weighted by molar-refractivity contribution is 6.05. The summed E-state index contributed by atoms with van der Waals surface area (Å²) in [5.41, 5.74) is 4.00. The van der Waals surface area contributed by atoms with Gasteiger partial charge < -0.3 is 19.7 Å². The van der Waals surface area contributed by atoms with Crippen molar-refractivity contribution in [2.24, 2.45) is 14.1 Å². The molecule has 8 nitrogen and oxygen atoms in total. The largest absolute Gasteiger partial charge is 0.493 e. The molecule has 1 N–H and O–H groups in total. The lowest BCUT2D eigenvalue weighted by molar-refractivity contribution is -0.111. The van der Waals surface area contributed by atoms with Crippen LogP contribution in [0.5, 0.6) is 11.5 Å². The minimum absolute atomic E-state index is 0.0913. The van der Waals surface area contributed by atoms with Gasteiger partial charge in [0.15, 0.2) is 11.5 Å². The molecular weight excluding hydrogens is 420 g/mol. The number of carbonyl (C=O) groups excluding carboxylic acids is 1. The van der Waals surface area contributed by atoms with Crippen LogP contribution in [-0.4, -0.2) is 42.4 Å². The highest BCUT2D eigenvalue weighted by Crippen LogP contribution is 2.33. The minimum atomic E-state index is -0.247. The lowest BCUT2D eigenvalue weighted by Crippen LogP contribution is -2.30. The number of amides is 1. The Labute approximate surface area is 193 Å². The number of nitrogens with one attached hydrogen (secondary N) is 1. The fourth-order valence-corrected chi connectivity index (χ4v) is 4.33. The van der Waals surface area contributed by atoms with E-state index >= 15 is 0 Å². The summed E-state index contributed by atoms with van der Waals surface area (Å²) in [5, 5.41) is 3.03. The van der Waals surface area contributed by atoms with Crippen LogP contribution >= 0.6 is 0 Å². The molecule has 4 rings (SSSR count). The Kier molecular flexibility index (Phi) is 6.44. The van der Waals surface area contributed by atoms with Crippen molar-refractivity contribution in [1.82, 2.24) is 9.13 Å². The highest BCUT2D eigenvalue weighted by atomic mass is 16.5. The predicted octanol–water partition coefficient (Wildman–Crippen LogP) is 3.54. The summed E-state index contributed by atoms with van der Waals surface area (Å²) in [7, 11) is 6.68. The maximum Gasteiger partial charge on any atom is 0.328 e. The monoisotopic (exact) mass is 450 g/mol. The van der Waals surface area contributed by atoms with E-state index in [0.29, 0.717) is 17.2 Å². The number of aromatic nitrogens is 2. The number of hydrogen-bond donors (Lipinski definition) is 1. The SMILES string of the molecule is COc1ccc(/C=C/C(=O)Nc2cc3c(cc2N2CCCCC2)n(C)c(=O)n3C)cc1OC. The van der Waals surface area contributed by atoms with Gasteiger partial charge in [0.2, 0.25) is 5.91 Å². The minimum Gasteiger partial charge on any atom is -0.493 e. The molecule has 1 aliphatic heterocycles. The molecule has 1 amide bonds. The number of aryl methyl sites for hydroxylation is 2. The van der Waals surface area contributed by atoms with Crippen LogP contribution < -0.4 is 25.4 Å². The molecule has 0 spiro atoms. The van der Waals surface area contributed by atoms with Crippen molar-refractivity contribution in [3.8, 4) is 11.5 Å². The van der Waals surface area contributed by atoms with Gasteiger partial charge in [-0.2, -0.15) is 0 Å². The Bertz CT molecular complexity index is 1270. The number of hydrogen-bond acceptors (Lipinski definition) is 5. The number of rotatable bonds is 6. The molecule has 2 heterocycles. The number of methoxy groups -OCH3 is 2. The maximum absolute atomic E-state index is 12.8. The second-order valence-corrected chi connectivity index (χ2v) is 8.24. The van der Waals surface area contributed by atoms with E-state index in [1.165, 1.54) is 12.5 Å². The topological polar surface area (TPSA) is 77.7 Å². The van der Waals surface area contributed by atoms with Crippen molar-refractivity contribution in [3.05, 3.63) is 52.5 Å². The first kappa shape index (κ1) is 22.5. The van der Waals surface area contributed by atoms with Gasteiger partial charge in [0.05, 0.1) is 36.6 Å². The van der Waals surface area contributed by atoms with Crippen molar-refractivity contribution in [3.63, 3.8) is 0 Å². The van der Waals surface area contributed by atoms with Gasteiger partial charge in [-0.3, -0.25) is 13.9 Å². The number of imidazole rings is 1. The van der Waals surface area contributed by atoms with Crippen LogP contribution in [-0.2, 0) is 18.9 Å². The van der Waals surface area contributed by atoms with E-state index in [4.69, 9.17) is 9.47 Å². The average Bonchev–Trinajstić information content (AvgIpc) is 3.05. The third-order valence-electron chi connectivity index (χ3n) is 6.18. The number of ether oxygens (including phenoxy) is 2. The molecule has 2 aromatic carbocycles. The molecule has 1 saturated heterocycles. The third kappa shape index (κ3) is 4.46. The molecule has 0 unspecified atom stereocenters. The van der Waals surface area contributed by atoms with Crippen molar-refractivity contribution in [2.45, 2.75) is 19.3 Å². The van der Waals surface area contributed by atoms with E-state index in [-0.39, 0.29) is 11.6 Å². The van der Waals surface area contributed by atoms with Gasteiger partial charge in [0.25, 0.3) is 0 Å². The zero-order valence-electron chi connectivity index (χ0n) is 19.6. The van der Waals surface area contributed by atoms with Gasteiger partial charge in [-0.15, -0.1) is 0 Å². The van der Waals surface area contributed by atoms with Crippen LogP contribution in [0, 0.1) is 0 Å². The summed E-state index contributed by atoms with van der Waals surface area (Å²) in [4.78, 5) is 27.6. The summed E-state index contributed by atoms with van der Waals surface area (Å²) >= 11 is 0. The first-order chi connectivity index (χ1) is 15.9. The van der Waals surface area contributed by atoms with Gasteiger partial charge in [0.1, 0.15) is 0 Å². The fourth-order valence-electron chi connectivity index (χ4n) is 4.33. The van der Waals surface area contributed by atoms with Gasteiger partial charge in [0, 0.05) is 33.3 Å². The number of nitrogens with zero attached hydrogens (tertiary/aromatic N) is 3. The summed E-state index contributed by atoms with van der Waals surface area (Å²) in [6.07, 6.45) is 6.65. The normalized spacial score (nSPS) is 14.1. The van der Waals surface area contributed by atoms with Crippen LogP contribution in [0.2, 0.25) is 0 Å². The Balaban J connectivity index is 1.65. The van der Waals surface area contributed by atoms with Crippen LogP contribution in [0.15, 0.2) is 41.2 Å². The molecule has 33 heavy (non-hydrogen) atoms. The quantitative estimate of drug-likeness (QED) is 0.582. The van der Waals surface area contributed by atoms with Gasteiger partial charge in [-0.25, -0.2) is 4.79 Å². The molecule has 0 atom stereocenters. The zero-order chi connectivity index (χ0) is 23.5. The van der Waals surface area contributed by atoms with Crippen LogP contribution in [0.3, 0.4) is 0 Å². The molecule has 1 fully saturated rings. The molecule has 0 saturated carbocycles. The number of anilines is 2. The lowest BCUT2D eigenvalue weighted by atomic mass is 10.1. The van der Waals surface area contributed by atoms with Gasteiger partial charge >= 0.3 is 5.69 Å². The first-order valence-electron chi connectivity index (χ1n) is 11.1. The molecule has 174 valence electrons. The van der Waals surface area contributed by atoms with Crippen LogP contribution in [0.1, 0.15) is 24.8 Å². The Hall–Kier alpha value is -3.68. The first-order valence-corrected chi connectivity index (χ1v) is 11.1. The Morgan fingerprint density at radius 2 is 1.61 bits per heavy atom. The average molecular weight is 451 g/mol. The number of fused-ring (bicyclic) bond motifs is 1. The fraction of sp³-hybridized carbons (Fsp3) is 0.360. The summed E-state index contributed by atoms with van der Waals surface area (Å²) in [5.74, 6) is 0.985. The zero-order valence-corrected chi connectivity index (χ0v) is 19.6. The standard InChI is InChI=1S/C25H30N4O4/c1-27-20-15-18(19(29-12-6-5-7-13-29)16-21(20)28(2)25(27)31)26-24(30)11-9-17-8-10-22(32-3)23(14-17)33-4/h8-11,14-16H,5-7,12-13H2,1-4H3,(H,26,30)/b11-9+. The number of benzene rings is 2. The number of carbonyl (C=O) groups is 1. The molecule has 1 aromatic heterocycles. The van der Waals surface area contributed by atoms with Gasteiger partial charge in [-0.1, -0.05) is 6.07 Å². The second-order valence-electron chi connectivity index (χ2n) is 8.24. The molecule has 3 aromatic rings. The molecule has 8 heteroatoms. The molecule has 0 radical (unpaired) electrons. The molecule has 0 bridgehead atoms. The van der Waals surface area contributed by atoms with Gasteiger partial charge in [-0.05, 0) is 55.2 Å². The summed E-state index contributed by atoms with van der Waals surface area (Å²) < 4.78 is 13.8. The third-order valence-corrected chi connectivity index (χ3v) is 6.18.